The highest BCUT2D eigenvalue weighted by atomic mass is 16.5. The molecule has 1 atom stereocenters. The smallest absolute Gasteiger partial charge is 0.338 e. The summed E-state index contributed by atoms with van der Waals surface area (Å²) in [6.07, 6.45) is 4.14. The molecule has 6 heteroatoms. The van der Waals surface area contributed by atoms with Crippen LogP contribution in [0.4, 0.5) is 0 Å². The van der Waals surface area contributed by atoms with Gasteiger partial charge in [0.2, 0.25) is 0 Å². The predicted octanol–water partition coefficient (Wildman–Crippen LogP) is 3.67. The first-order valence-corrected chi connectivity index (χ1v) is 6.98. The van der Waals surface area contributed by atoms with Crippen molar-refractivity contribution < 1.29 is 14.3 Å². The van der Waals surface area contributed by atoms with Crippen LogP contribution in [0, 0.1) is 0 Å². The number of esters is 1. The molecule has 1 aromatic carbocycles. The minimum atomic E-state index is -0.316. The van der Waals surface area contributed by atoms with E-state index in [1.54, 1.807) is 24.3 Å². The second kappa shape index (κ2) is 10.5. The molecule has 0 fully saturated rings. The number of carbonyl (C=O) groups is 2. The lowest BCUT2D eigenvalue weighted by atomic mass is 10.1. The number of hydrogen-bond acceptors (Lipinski definition) is 4. The molecule has 0 saturated heterocycles. The number of carbonyl (C=O) groups excluding carboxylic acids is 2. The van der Waals surface area contributed by atoms with Crippen molar-refractivity contribution in [3.05, 3.63) is 46.3 Å². The van der Waals surface area contributed by atoms with Crippen LogP contribution in [0.25, 0.3) is 10.4 Å². The molecule has 0 heterocycles. The van der Waals surface area contributed by atoms with Gasteiger partial charge in [-0.15, -0.1) is 0 Å². The fourth-order valence-electron chi connectivity index (χ4n) is 1.89. The second-order valence-electron chi connectivity index (χ2n) is 4.61. The van der Waals surface area contributed by atoms with Crippen LogP contribution in [-0.2, 0) is 9.53 Å². The molecule has 1 unspecified atom stereocenters. The molecule has 0 bridgehead atoms. The number of benzene rings is 1. The van der Waals surface area contributed by atoms with Crippen LogP contribution < -0.4 is 0 Å². The minimum Gasteiger partial charge on any atom is -0.462 e. The molecule has 112 valence electrons. The molecule has 21 heavy (non-hydrogen) atoms. The Kier molecular flexibility index (Phi) is 8.33. The Labute approximate surface area is 123 Å². The summed E-state index contributed by atoms with van der Waals surface area (Å²) in [5.74, 6) is -0.316. The maximum absolute atomic E-state index is 11.6. The zero-order chi connectivity index (χ0) is 15.3. The largest absolute Gasteiger partial charge is 0.462 e. The summed E-state index contributed by atoms with van der Waals surface area (Å²) in [4.78, 5) is 24.8. The van der Waals surface area contributed by atoms with E-state index in [0.29, 0.717) is 18.6 Å². The number of azide groups is 1. The van der Waals surface area contributed by atoms with Crippen LogP contribution in [0.2, 0.25) is 0 Å². The lowest BCUT2D eigenvalue weighted by molar-refractivity contribution is -0.108. The molecule has 0 radical (unpaired) electrons. The predicted molar refractivity (Wildman–Crippen MR) is 78.8 cm³/mol. The standard InChI is InChI=1S/C15H19N3O3/c16-18-17-14(10-11-19)9-5-2-6-12-21-15(20)13-7-3-1-4-8-13/h1,3-4,7-8,11,14H,2,5-6,9-10,12H2. The first-order valence-electron chi connectivity index (χ1n) is 6.98. The van der Waals surface area contributed by atoms with Gasteiger partial charge in [-0.25, -0.2) is 4.79 Å². The molecule has 0 aromatic heterocycles. The average Bonchev–Trinajstić information content (AvgIpc) is 2.51. The Morgan fingerprint density at radius 3 is 2.71 bits per heavy atom. The van der Waals surface area contributed by atoms with E-state index in [9.17, 15) is 9.59 Å². The lowest BCUT2D eigenvalue weighted by Gasteiger charge is -2.07. The third-order valence-corrected chi connectivity index (χ3v) is 3.01. The Morgan fingerprint density at radius 1 is 1.29 bits per heavy atom. The quantitative estimate of drug-likeness (QED) is 0.164. The van der Waals surface area contributed by atoms with E-state index in [1.807, 2.05) is 6.07 Å². The average molecular weight is 289 g/mol. The monoisotopic (exact) mass is 289 g/mol. The number of rotatable bonds is 10. The first-order chi connectivity index (χ1) is 10.3. The minimum absolute atomic E-state index is 0.257. The molecule has 1 rings (SSSR count). The molecule has 0 aliphatic carbocycles. The van der Waals surface area contributed by atoms with Gasteiger partial charge in [-0.3, -0.25) is 0 Å². The van der Waals surface area contributed by atoms with Crippen molar-refractivity contribution in [1.82, 2.24) is 0 Å². The van der Waals surface area contributed by atoms with Crippen LogP contribution in [0.5, 0.6) is 0 Å². The summed E-state index contributed by atoms with van der Waals surface area (Å²) < 4.78 is 5.15. The van der Waals surface area contributed by atoms with E-state index in [1.165, 1.54) is 0 Å². The third-order valence-electron chi connectivity index (χ3n) is 3.01. The maximum atomic E-state index is 11.6. The van der Waals surface area contributed by atoms with Gasteiger partial charge in [-0.1, -0.05) is 36.2 Å². The van der Waals surface area contributed by atoms with Crippen LogP contribution in [0.15, 0.2) is 35.4 Å². The summed E-state index contributed by atoms with van der Waals surface area (Å²) in [5, 5.41) is 3.56. The van der Waals surface area contributed by atoms with Crippen molar-refractivity contribution in [2.24, 2.45) is 5.11 Å². The van der Waals surface area contributed by atoms with Crippen molar-refractivity contribution >= 4 is 12.3 Å². The van der Waals surface area contributed by atoms with Gasteiger partial charge in [0.05, 0.1) is 12.2 Å². The van der Waals surface area contributed by atoms with E-state index in [0.717, 1.165) is 25.5 Å². The highest BCUT2D eigenvalue weighted by Crippen LogP contribution is 2.10. The normalized spacial score (nSPS) is 11.2. The van der Waals surface area contributed by atoms with E-state index >= 15 is 0 Å². The van der Waals surface area contributed by atoms with Gasteiger partial charge < -0.3 is 9.53 Å². The van der Waals surface area contributed by atoms with E-state index < -0.39 is 0 Å². The molecule has 6 nitrogen and oxygen atoms in total. The highest BCUT2D eigenvalue weighted by molar-refractivity contribution is 5.89. The molecule has 0 aliphatic rings. The number of aldehydes is 1. The molecular weight excluding hydrogens is 270 g/mol. The van der Waals surface area contributed by atoms with Crippen LogP contribution >= 0.6 is 0 Å². The number of unbranched alkanes of at least 4 members (excludes halogenated alkanes) is 2. The molecule has 0 spiro atoms. The van der Waals surface area contributed by atoms with Gasteiger partial charge in [0.25, 0.3) is 0 Å². The summed E-state index contributed by atoms with van der Waals surface area (Å²) in [5.41, 5.74) is 8.91. The van der Waals surface area contributed by atoms with Crippen molar-refractivity contribution in [1.29, 1.82) is 0 Å². The van der Waals surface area contributed by atoms with Crippen molar-refractivity contribution in [3.8, 4) is 0 Å². The lowest BCUT2D eigenvalue weighted by Crippen LogP contribution is -2.07. The van der Waals surface area contributed by atoms with Crippen molar-refractivity contribution in [2.45, 2.75) is 38.1 Å². The van der Waals surface area contributed by atoms with Crippen LogP contribution in [-0.4, -0.2) is 24.9 Å². The summed E-state index contributed by atoms with van der Waals surface area (Å²) in [6, 6.07) is 8.59. The van der Waals surface area contributed by atoms with Crippen LogP contribution in [0.1, 0.15) is 42.5 Å². The molecule has 0 amide bonds. The van der Waals surface area contributed by atoms with Gasteiger partial charge in [0.15, 0.2) is 0 Å². The van der Waals surface area contributed by atoms with Gasteiger partial charge in [-0.05, 0) is 30.5 Å². The Balaban J connectivity index is 2.13. The van der Waals surface area contributed by atoms with Crippen molar-refractivity contribution in [3.63, 3.8) is 0 Å². The number of nitrogens with zero attached hydrogens (tertiary/aromatic N) is 3. The molecule has 0 aliphatic heterocycles. The van der Waals surface area contributed by atoms with Gasteiger partial charge >= 0.3 is 5.97 Å². The first kappa shape index (κ1) is 16.7. The third kappa shape index (κ3) is 7.13. The summed E-state index contributed by atoms with van der Waals surface area (Å²) in [7, 11) is 0. The molecule has 0 saturated carbocycles. The Morgan fingerprint density at radius 2 is 2.05 bits per heavy atom. The van der Waals surface area contributed by atoms with Gasteiger partial charge in [0.1, 0.15) is 6.29 Å². The van der Waals surface area contributed by atoms with E-state index in [2.05, 4.69) is 10.0 Å². The Hall–Kier alpha value is -2.33. The SMILES string of the molecule is [N-]=[N+]=NC(CC=O)CCCCCOC(=O)c1ccccc1. The van der Waals surface area contributed by atoms with Gasteiger partial charge in [-0.2, -0.15) is 0 Å². The molecule has 1 aromatic rings. The fraction of sp³-hybridized carbons (Fsp3) is 0.467. The Bertz CT molecular complexity index is 484. The topological polar surface area (TPSA) is 92.1 Å². The van der Waals surface area contributed by atoms with Crippen molar-refractivity contribution in [2.75, 3.05) is 6.61 Å². The van der Waals surface area contributed by atoms with Gasteiger partial charge in [0, 0.05) is 17.4 Å². The van der Waals surface area contributed by atoms with Crippen LogP contribution in [0.3, 0.4) is 0 Å². The fourth-order valence-corrected chi connectivity index (χ4v) is 1.89. The second-order valence-corrected chi connectivity index (χ2v) is 4.61. The van der Waals surface area contributed by atoms with E-state index in [-0.39, 0.29) is 18.4 Å². The maximum Gasteiger partial charge on any atom is 0.338 e. The highest BCUT2D eigenvalue weighted by Gasteiger charge is 2.07. The summed E-state index contributed by atoms with van der Waals surface area (Å²) in [6.45, 7) is 0.369. The van der Waals surface area contributed by atoms with E-state index in [4.69, 9.17) is 10.3 Å². The molecule has 0 N–H and O–H groups in total. The number of ether oxygens (including phenoxy) is 1. The number of hydrogen-bond donors (Lipinski definition) is 0. The zero-order valence-electron chi connectivity index (χ0n) is 11.9. The molecular formula is C15H19N3O3. The summed E-state index contributed by atoms with van der Waals surface area (Å²) >= 11 is 0. The zero-order valence-corrected chi connectivity index (χ0v) is 11.9.